The maximum atomic E-state index is 3.75. The highest BCUT2D eigenvalue weighted by atomic mass is 15.1. The molecule has 5 aromatic rings. The fourth-order valence-electron chi connectivity index (χ4n) is 5.57. The lowest BCUT2D eigenvalue weighted by molar-refractivity contribution is -0.708. The summed E-state index contributed by atoms with van der Waals surface area (Å²) in [5.41, 5.74) is 10.1. The van der Waals surface area contributed by atoms with Crippen molar-refractivity contribution in [1.29, 1.82) is 0 Å². The number of nitrogens with zero attached hydrogens (tertiary/aromatic N) is 2. The van der Waals surface area contributed by atoms with Gasteiger partial charge in [-0.3, -0.25) is 0 Å². The molecule has 0 spiro atoms. The van der Waals surface area contributed by atoms with Gasteiger partial charge in [0, 0.05) is 22.3 Å². The highest BCUT2D eigenvalue weighted by molar-refractivity contribution is 5.77. The number of imidazole rings is 1. The molecule has 2 aliphatic carbocycles. The molecular formula is C33H24N2. The summed E-state index contributed by atoms with van der Waals surface area (Å²) in [6.07, 6.45) is 17.0. The van der Waals surface area contributed by atoms with Crippen LogP contribution in [0.5, 0.6) is 0 Å². The Balaban J connectivity index is 1.42. The van der Waals surface area contributed by atoms with Crippen LogP contribution in [0.2, 0.25) is 0 Å². The first kappa shape index (κ1) is 20.0. The van der Waals surface area contributed by atoms with Crippen molar-refractivity contribution in [2.24, 2.45) is 0 Å². The van der Waals surface area contributed by atoms with Crippen LogP contribution in [0.3, 0.4) is 0 Å². The van der Waals surface area contributed by atoms with Gasteiger partial charge in [0.15, 0.2) is 0 Å². The van der Waals surface area contributed by atoms with E-state index in [4.69, 9.17) is 0 Å². The summed E-state index contributed by atoms with van der Waals surface area (Å²) in [6.45, 7) is 0. The van der Waals surface area contributed by atoms with Gasteiger partial charge in [-0.2, -0.15) is 0 Å². The van der Waals surface area contributed by atoms with Crippen molar-refractivity contribution in [3.8, 4) is 0 Å². The molecule has 0 N–H and O–H groups in total. The lowest BCUT2D eigenvalue weighted by atomic mass is 9.94. The summed E-state index contributed by atoms with van der Waals surface area (Å²) < 4.78 is 4.49. The second kappa shape index (κ2) is 8.11. The molecule has 0 atom stereocenters. The maximum absolute atomic E-state index is 3.75. The number of benzene rings is 4. The fraction of sp³-hybridized carbons (Fsp3) is 0.0606. The van der Waals surface area contributed by atoms with Crippen LogP contribution in [0.15, 0.2) is 109 Å². The summed E-state index contributed by atoms with van der Waals surface area (Å²) in [6, 6.07) is 34.8. The lowest BCUT2D eigenvalue weighted by Gasteiger charge is -2.22. The van der Waals surface area contributed by atoms with Crippen molar-refractivity contribution < 1.29 is 4.57 Å². The molecule has 0 unspecified atom stereocenters. The molecule has 0 saturated carbocycles. The molecule has 1 heterocycles. The van der Waals surface area contributed by atoms with Crippen molar-refractivity contribution in [2.45, 2.75) is 12.1 Å². The van der Waals surface area contributed by atoms with Gasteiger partial charge in [-0.1, -0.05) is 121 Å². The standard InChI is InChI=1S/C33H24N2/c1-5-13-28-24(9-1)17-18-25-10-2-6-14-29(25)32(28)34-21-22-35(23-34)33-30-15-7-3-11-26(30)19-20-27-12-4-8-16-31(27)33/h1-22,32-33H. The Morgan fingerprint density at radius 1 is 0.514 bits per heavy atom. The molecule has 4 aromatic carbocycles. The first-order valence-electron chi connectivity index (χ1n) is 12.1. The van der Waals surface area contributed by atoms with Gasteiger partial charge in [0.05, 0.1) is 0 Å². The van der Waals surface area contributed by atoms with Crippen LogP contribution in [-0.4, -0.2) is 4.57 Å². The van der Waals surface area contributed by atoms with Crippen LogP contribution >= 0.6 is 0 Å². The van der Waals surface area contributed by atoms with Gasteiger partial charge in [-0.15, -0.1) is 0 Å². The normalized spacial score (nSPS) is 14.4. The summed E-state index contributed by atoms with van der Waals surface area (Å²) in [4.78, 5) is 0. The second-order valence-corrected chi connectivity index (χ2v) is 9.20. The van der Waals surface area contributed by atoms with Crippen LogP contribution in [0.1, 0.15) is 56.6 Å². The number of hydrogen-bond donors (Lipinski definition) is 0. The summed E-state index contributed by atoms with van der Waals surface area (Å²) in [7, 11) is 0. The first-order valence-corrected chi connectivity index (χ1v) is 12.1. The third kappa shape index (κ3) is 3.30. The Morgan fingerprint density at radius 2 is 0.914 bits per heavy atom. The molecule has 0 bridgehead atoms. The van der Waals surface area contributed by atoms with Crippen molar-refractivity contribution in [2.75, 3.05) is 0 Å². The van der Waals surface area contributed by atoms with E-state index >= 15 is 0 Å². The number of rotatable bonds is 2. The Labute approximate surface area is 205 Å². The lowest BCUT2D eigenvalue weighted by Crippen LogP contribution is -2.40. The average Bonchev–Trinajstić information content (AvgIpc) is 3.23. The van der Waals surface area contributed by atoms with Gasteiger partial charge in [0.2, 0.25) is 6.33 Å². The largest absolute Gasteiger partial charge is 0.341 e. The van der Waals surface area contributed by atoms with Gasteiger partial charge in [0.1, 0.15) is 12.1 Å². The minimum Gasteiger partial charge on any atom is -0.341 e. The maximum Gasteiger partial charge on any atom is 0.205 e. The van der Waals surface area contributed by atoms with E-state index < -0.39 is 0 Å². The zero-order valence-electron chi connectivity index (χ0n) is 19.3. The first-order chi connectivity index (χ1) is 17.4. The molecule has 166 valence electrons. The summed E-state index contributed by atoms with van der Waals surface area (Å²) >= 11 is 0. The van der Waals surface area contributed by atoms with E-state index in [0.717, 1.165) is 0 Å². The predicted octanol–water partition coefficient (Wildman–Crippen LogP) is 6.82. The highest BCUT2D eigenvalue weighted by Crippen LogP contribution is 2.36. The molecule has 7 rings (SSSR count). The quantitative estimate of drug-likeness (QED) is 0.203. The van der Waals surface area contributed by atoms with Crippen LogP contribution in [0.25, 0.3) is 24.3 Å². The molecule has 2 aliphatic rings. The van der Waals surface area contributed by atoms with Crippen molar-refractivity contribution in [1.82, 2.24) is 4.57 Å². The molecule has 0 amide bonds. The zero-order chi connectivity index (χ0) is 23.2. The van der Waals surface area contributed by atoms with Crippen LogP contribution < -0.4 is 4.57 Å². The SMILES string of the molecule is [c-]1n(C2c3ccccc3C=Cc3ccccc32)cc[n+]1C1c2ccccc2C=Cc2ccccc21. The number of hydrogen-bond acceptors (Lipinski definition) is 0. The Bertz CT molecular complexity index is 1400. The van der Waals surface area contributed by atoms with E-state index in [1.165, 1.54) is 44.5 Å². The molecular weight excluding hydrogens is 424 g/mol. The third-order valence-corrected chi connectivity index (χ3v) is 7.22. The molecule has 0 radical (unpaired) electrons. The Hall–Kier alpha value is -4.43. The number of fused-ring (bicyclic) bond motifs is 4. The van der Waals surface area contributed by atoms with Gasteiger partial charge in [-0.25, -0.2) is 0 Å². The highest BCUT2D eigenvalue weighted by Gasteiger charge is 2.28. The molecule has 0 fully saturated rings. The fourth-order valence-corrected chi connectivity index (χ4v) is 5.57. The van der Waals surface area contributed by atoms with E-state index in [-0.39, 0.29) is 12.1 Å². The Morgan fingerprint density at radius 3 is 1.40 bits per heavy atom. The molecule has 2 nitrogen and oxygen atoms in total. The zero-order valence-corrected chi connectivity index (χ0v) is 19.3. The van der Waals surface area contributed by atoms with Crippen molar-refractivity contribution >= 4 is 24.3 Å². The van der Waals surface area contributed by atoms with Crippen LogP contribution in [0, 0.1) is 6.33 Å². The minimum atomic E-state index is 0.0491. The van der Waals surface area contributed by atoms with Crippen LogP contribution in [-0.2, 0) is 0 Å². The molecule has 2 heteroatoms. The van der Waals surface area contributed by atoms with Crippen molar-refractivity contribution in [3.63, 3.8) is 0 Å². The van der Waals surface area contributed by atoms with Gasteiger partial charge in [0.25, 0.3) is 0 Å². The van der Waals surface area contributed by atoms with E-state index in [0.29, 0.717) is 0 Å². The van der Waals surface area contributed by atoms with E-state index in [1.54, 1.807) is 0 Å². The number of aromatic nitrogens is 2. The predicted molar refractivity (Wildman–Crippen MR) is 142 cm³/mol. The molecule has 1 aromatic heterocycles. The van der Waals surface area contributed by atoms with Crippen LogP contribution in [0.4, 0.5) is 0 Å². The van der Waals surface area contributed by atoms with E-state index in [9.17, 15) is 0 Å². The second-order valence-electron chi connectivity index (χ2n) is 9.20. The molecule has 0 aliphatic heterocycles. The van der Waals surface area contributed by atoms with E-state index in [2.05, 4.69) is 149 Å². The monoisotopic (exact) mass is 448 g/mol. The molecule has 35 heavy (non-hydrogen) atoms. The Kier molecular flexibility index (Phi) is 4.63. The molecule has 0 saturated heterocycles. The minimum absolute atomic E-state index is 0.0491. The smallest absolute Gasteiger partial charge is 0.205 e. The summed E-state index contributed by atoms with van der Waals surface area (Å²) in [5.74, 6) is 0. The van der Waals surface area contributed by atoms with Gasteiger partial charge >= 0.3 is 0 Å². The van der Waals surface area contributed by atoms with Crippen molar-refractivity contribution in [3.05, 3.63) is 160 Å². The topological polar surface area (TPSA) is 8.81 Å². The summed E-state index contributed by atoms with van der Waals surface area (Å²) in [5, 5.41) is 0. The van der Waals surface area contributed by atoms with E-state index in [1.807, 2.05) is 0 Å². The average molecular weight is 449 g/mol. The van der Waals surface area contributed by atoms with Gasteiger partial charge in [-0.05, 0) is 34.6 Å². The van der Waals surface area contributed by atoms with Gasteiger partial charge < -0.3 is 9.13 Å². The third-order valence-electron chi connectivity index (χ3n) is 7.22.